The molecule has 0 radical (unpaired) electrons. The molecule has 5 rings (SSSR count). The smallest absolute Gasteiger partial charge is 0.274 e. The number of piperidine rings is 1. The van der Waals surface area contributed by atoms with Crippen LogP contribution in [-0.4, -0.2) is 70.8 Å². The molecule has 0 spiro atoms. The highest BCUT2D eigenvalue weighted by molar-refractivity contribution is 5.93. The number of carbonyl (C=O) groups excluding carboxylic acids is 1. The first-order valence-corrected chi connectivity index (χ1v) is 13.9. The first kappa shape index (κ1) is 24.5. The van der Waals surface area contributed by atoms with Gasteiger partial charge < -0.3 is 10.2 Å². The summed E-state index contributed by atoms with van der Waals surface area (Å²) in [6, 6.07) is 10.9. The van der Waals surface area contributed by atoms with Gasteiger partial charge in [0.1, 0.15) is 0 Å². The molecule has 0 bridgehead atoms. The van der Waals surface area contributed by atoms with E-state index in [0.717, 1.165) is 32.4 Å². The summed E-state index contributed by atoms with van der Waals surface area (Å²) >= 11 is 0. The van der Waals surface area contributed by atoms with Crippen molar-refractivity contribution in [3.8, 4) is 0 Å². The summed E-state index contributed by atoms with van der Waals surface area (Å²) in [5.41, 5.74) is 4.62. The second-order valence-electron chi connectivity index (χ2n) is 11.3. The van der Waals surface area contributed by atoms with Crippen LogP contribution in [0.2, 0.25) is 0 Å². The van der Waals surface area contributed by atoms with Gasteiger partial charge in [-0.15, -0.1) is 0 Å². The van der Waals surface area contributed by atoms with E-state index in [-0.39, 0.29) is 5.91 Å². The molecule has 1 aromatic carbocycles. The molecule has 1 saturated heterocycles. The average molecular weight is 478 g/mol. The summed E-state index contributed by atoms with van der Waals surface area (Å²) in [4.78, 5) is 17.6. The maximum Gasteiger partial charge on any atom is 0.274 e. The largest absolute Gasteiger partial charge is 0.343 e. The van der Waals surface area contributed by atoms with E-state index in [2.05, 4.69) is 39.2 Å². The third-order valence-corrected chi connectivity index (χ3v) is 8.66. The maximum absolute atomic E-state index is 13.1. The van der Waals surface area contributed by atoms with Crippen molar-refractivity contribution in [2.45, 2.75) is 88.8 Å². The van der Waals surface area contributed by atoms with Crippen molar-refractivity contribution in [3.63, 3.8) is 0 Å². The summed E-state index contributed by atoms with van der Waals surface area (Å²) in [6.07, 6.45) is 13.9. The lowest BCUT2D eigenvalue weighted by Crippen LogP contribution is -2.59. The predicted octanol–water partition coefficient (Wildman–Crippen LogP) is 4.27. The van der Waals surface area contributed by atoms with Gasteiger partial charge in [-0.25, -0.2) is 0 Å². The molecule has 1 aliphatic heterocycles. The number of hydrogen-bond acceptors (Lipinski definition) is 4. The lowest BCUT2D eigenvalue weighted by Gasteiger charge is -2.49. The van der Waals surface area contributed by atoms with Gasteiger partial charge in [0.2, 0.25) is 0 Å². The van der Waals surface area contributed by atoms with Gasteiger partial charge >= 0.3 is 0 Å². The average Bonchev–Trinajstić information content (AvgIpc) is 3.26. The first-order chi connectivity index (χ1) is 17.1. The Labute approximate surface area is 211 Å². The fourth-order valence-corrected chi connectivity index (χ4v) is 6.65. The van der Waals surface area contributed by atoms with E-state index in [1.54, 1.807) is 4.90 Å². The number of nitrogens with one attached hydrogen (secondary N) is 1. The van der Waals surface area contributed by atoms with Crippen LogP contribution in [-0.2, 0) is 19.4 Å². The molecule has 2 heterocycles. The zero-order valence-corrected chi connectivity index (χ0v) is 21.8. The normalized spacial score (nSPS) is 22.5. The third-order valence-electron chi connectivity index (χ3n) is 8.66. The molecule has 2 aliphatic carbocycles. The predicted molar refractivity (Wildman–Crippen MR) is 141 cm³/mol. The van der Waals surface area contributed by atoms with E-state index >= 15 is 0 Å². The topological polar surface area (TPSA) is 53.4 Å². The molecule has 3 aliphatic rings. The van der Waals surface area contributed by atoms with E-state index in [9.17, 15) is 4.79 Å². The Morgan fingerprint density at radius 1 is 1.06 bits per heavy atom. The van der Waals surface area contributed by atoms with Crippen molar-refractivity contribution in [1.29, 1.82) is 0 Å². The second kappa shape index (κ2) is 10.8. The molecule has 1 atom stereocenters. The quantitative estimate of drug-likeness (QED) is 0.647. The lowest BCUT2D eigenvalue weighted by molar-refractivity contribution is 0.0310. The Balaban J connectivity index is 1.34. The molecule has 35 heavy (non-hydrogen) atoms. The van der Waals surface area contributed by atoms with E-state index in [0.29, 0.717) is 17.3 Å². The number of hydrogen-bond donors (Lipinski definition) is 1. The fourth-order valence-electron chi connectivity index (χ4n) is 6.65. The highest BCUT2D eigenvalue weighted by Gasteiger charge is 2.39. The van der Waals surface area contributed by atoms with E-state index in [1.165, 1.54) is 81.3 Å². The van der Waals surface area contributed by atoms with Gasteiger partial charge in [0.15, 0.2) is 5.69 Å². The zero-order chi connectivity index (χ0) is 24.3. The molecule has 2 aromatic rings. The molecule has 1 aromatic heterocycles. The van der Waals surface area contributed by atoms with Gasteiger partial charge in [0.05, 0.1) is 6.54 Å². The number of nitrogens with zero attached hydrogens (tertiary/aromatic N) is 4. The molecule has 6 heteroatoms. The number of likely N-dealkylation sites (tertiary alicyclic amines) is 1. The van der Waals surface area contributed by atoms with Crippen LogP contribution in [0.15, 0.2) is 30.3 Å². The molecule has 2 fully saturated rings. The van der Waals surface area contributed by atoms with Crippen LogP contribution in [0.4, 0.5) is 0 Å². The molecule has 190 valence electrons. The Morgan fingerprint density at radius 2 is 1.77 bits per heavy atom. The van der Waals surface area contributed by atoms with Gasteiger partial charge in [-0.2, -0.15) is 5.10 Å². The number of aromatic nitrogens is 2. The number of fused-ring (bicyclic) bond motifs is 1. The molecule has 1 amide bonds. The SMILES string of the molecule is CN(C)C(=O)c1nn(Cc2ccccc2)c2c1CC(NCC1(N3CCCCC3)CCCCC1)CC2. The molecule has 1 unspecified atom stereocenters. The molecule has 1 N–H and O–H groups in total. The summed E-state index contributed by atoms with van der Waals surface area (Å²) in [5.74, 6) is 0.0192. The first-order valence-electron chi connectivity index (χ1n) is 13.9. The van der Waals surface area contributed by atoms with E-state index in [4.69, 9.17) is 5.10 Å². The number of amides is 1. The van der Waals surface area contributed by atoms with Crippen LogP contribution in [0, 0.1) is 0 Å². The lowest BCUT2D eigenvalue weighted by atomic mass is 9.78. The molecular weight excluding hydrogens is 434 g/mol. The highest BCUT2D eigenvalue weighted by Crippen LogP contribution is 2.36. The van der Waals surface area contributed by atoms with Crippen molar-refractivity contribution in [1.82, 2.24) is 24.9 Å². The van der Waals surface area contributed by atoms with E-state index < -0.39 is 0 Å². The summed E-state index contributed by atoms with van der Waals surface area (Å²) in [5, 5.41) is 8.89. The van der Waals surface area contributed by atoms with Crippen LogP contribution < -0.4 is 5.32 Å². The number of carbonyl (C=O) groups is 1. The Bertz CT molecular complexity index is 986. The highest BCUT2D eigenvalue weighted by atomic mass is 16.2. The standard InChI is InChI=1S/C29H43N5O/c1-32(2)28(35)27-25-20-24(14-15-26(25)34(31-27)21-23-12-6-3-7-13-23)30-22-29(16-8-4-9-17-29)33-18-10-5-11-19-33/h3,6-7,12-13,24,30H,4-5,8-11,14-22H2,1-2H3. The minimum atomic E-state index is 0.0192. The van der Waals surface area contributed by atoms with Gasteiger partial charge in [-0.3, -0.25) is 14.4 Å². The molecule has 1 saturated carbocycles. The van der Waals surface area contributed by atoms with Crippen molar-refractivity contribution < 1.29 is 4.79 Å². The molecule has 6 nitrogen and oxygen atoms in total. The Hall–Kier alpha value is -2.18. The zero-order valence-electron chi connectivity index (χ0n) is 21.8. The maximum atomic E-state index is 13.1. The van der Waals surface area contributed by atoms with Crippen LogP contribution in [0.1, 0.15) is 85.1 Å². The van der Waals surface area contributed by atoms with Crippen molar-refractivity contribution in [3.05, 3.63) is 52.8 Å². The number of rotatable bonds is 7. The van der Waals surface area contributed by atoms with Crippen molar-refractivity contribution in [2.75, 3.05) is 33.7 Å². The van der Waals surface area contributed by atoms with Crippen molar-refractivity contribution in [2.24, 2.45) is 0 Å². The van der Waals surface area contributed by atoms with Gasteiger partial charge in [0, 0.05) is 43.5 Å². The van der Waals surface area contributed by atoms with Crippen molar-refractivity contribution >= 4 is 5.91 Å². The summed E-state index contributed by atoms with van der Waals surface area (Å²) in [7, 11) is 3.66. The van der Waals surface area contributed by atoms with Crippen LogP contribution >= 0.6 is 0 Å². The van der Waals surface area contributed by atoms with Gasteiger partial charge in [0.25, 0.3) is 5.91 Å². The van der Waals surface area contributed by atoms with Crippen LogP contribution in [0.3, 0.4) is 0 Å². The summed E-state index contributed by atoms with van der Waals surface area (Å²) < 4.78 is 2.09. The fraction of sp³-hybridized carbons (Fsp3) is 0.655. The Kier molecular flexibility index (Phi) is 7.59. The van der Waals surface area contributed by atoms with Gasteiger partial charge in [-0.05, 0) is 63.6 Å². The number of benzene rings is 1. The van der Waals surface area contributed by atoms with Crippen LogP contribution in [0.25, 0.3) is 0 Å². The monoisotopic (exact) mass is 477 g/mol. The van der Waals surface area contributed by atoms with Crippen LogP contribution in [0.5, 0.6) is 0 Å². The summed E-state index contributed by atoms with van der Waals surface area (Å²) in [6.45, 7) is 4.34. The third kappa shape index (κ3) is 5.34. The van der Waals surface area contributed by atoms with Gasteiger partial charge in [-0.1, -0.05) is 56.0 Å². The Morgan fingerprint density at radius 3 is 2.49 bits per heavy atom. The minimum Gasteiger partial charge on any atom is -0.343 e. The molecular formula is C29H43N5O. The minimum absolute atomic E-state index is 0.0192. The second-order valence-corrected chi connectivity index (χ2v) is 11.3. The van der Waals surface area contributed by atoms with E-state index in [1.807, 2.05) is 20.2 Å².